The molecular formula is C10H15N3O6. The molecule has 1 saturated heterocycles. The summed E-state index contributed by atoms with van der Waals surface area (Å²) >= 11 is 0. The summed E-state index contributed by atoms with van der Waals surface area (Å²) < 4.78 is 5.21. The number of hydrogen-bond acceptors (Lipinski definition) is 8. The van der Waals surface area contributed by atoms with E-state index in [4.69, 9.17) is 9.84 Å². The minimum Gasteiger partial charge on any atom is -0.394 e. The molecule has 0 aliphatic carbocycles. The zero-order chi connectivity index (χ0) is 14.0. The normalized spacial score (nSPS) is 35.1. The molecule has 5 atom stereocenters. The highest BCUT2D eigenvalue weighted by Crippen LogP contribution is 2.21. The molecule has 1 aromatic heterocycles. The molecule has 0 amide bonds. The molecule has 6 N–H and O–H groups in total. The molecule has 2 rings (SSSR count). The largest absolute Gasteiger partial charge is 0.394 e. The Labute approximate surface area is 107 Å². The maximum absolute atomic E-state index is 11.0. The Morgan fingerprint density at radius 1 is 1.32 bits per heavy atom. The van der Waals surface area contributed by atoms with E-state index in [1.807, 2.05) is 0 Å². The lowest BCUT2D eigenvalue weighted by Crippen LogP contribution is -2.60. The van der Waals surface area contributed by atoms with E-state index in [0.717, 1.165) is 0 Å². The molecule has 0 bridgehead atoms. The first-order valence-electron chi connectivity index (χ1n) is 5.65. The van der Waals surface area contributed by atoms with Crippen LogP contribution in [0.3, 0.4) is 0 Å². The maximum atomic E-state index is 11.0. The molecule has 106 valence electrons. The first-order valence-corrected chi connectivity index (χ1v) is 5.65. The quantitative estimate of drug-likeness (QED) is 0.341. The standard InChI is InChI=1S/C10H15N3O6/c14-3-4-6(15)7(16)8(17)9(19-4)12-5-1-2-11-10(18)13-5/h1-2,4,6-9,14-17H,3H2,(H2,11,12,13,18). The van der Waals surface area contributed by atoms with Crippen molar-refractivity contribution in [2.45, 2.75) is 30.6 Å². The van der Waals surface area contributed by atoms with E-state index in [2.05, 4.69) is 15.3 Å². The molecule has 1 fully saturated rings. The second-order valence-corrected chi connectivity index (χ2v) is 4.18. The smallest absolute Gasteiger partial charge is 0.346 e. The predicted octanol–water partition coefficient (Wildman–Crippen LogP) is -3.02. The van der Waals surface area contributed by atoms with Gasteiger partial charge in [0.1, 0.15) is 30.2 Å². The van der Waals surface area contributed by atoms with Gasteiger partial charge in [-0.25, -0.2) is 9.78 Å². The number of aromatic amines is 1. The third-order valence-electron chi connectivity index (χ3n) is 2.86. The molecule has 2 heterocycles. The zero-order valence-corrected chi connectivity index (χ0v) is 9.80. The molecule has 5 unspecified atom stereocenters. The second-order valence-electron chi connectivity index (χ2n) is 4.18. The van der Waals surface area contributed by atoms with Gasteiger partial charge in [0, 0.05) is 6.20 Å². The minimum absolute atomic E-state index is 0.226. The van der Waals surface area contributed by atoms with Gasteiger partial charge in [0.05, 0.1) is 6.61 Å². The minimum atomic E-state index is -1.48. The van der Waals surface area contributed by atoms with Crippen LogP contribution < -0.4 is 11.0 Å². The van der Waals surface area contributed by atoms with Crippen LogP contribution in [0.25, 0.3) is 0 Å². The van der Waals surface area contributed by atoms with Crippen molar-refractivity contribution in [2.24, 2.45) is 0 Å². The number of H-pyrrole nitrogens is 1. The Morgan fingerprint density at radius 3 is 2.68 bits per heavy atom. The Hall–Kier alpha value is -1.52. The highest BCUT2D eigenvalue weighted by Gasteiger charge is 2.43. The second kappa shape index (κ2) is 5.63. The van der Waals surface area contributed by atoms with Crippen LogP contribution in [-0.4, -0.2) is 67.6 Å². The summed E-state index contributed by atoms with van der Waals surface area (Å²) in [7, 11) is 0. The number of aliphatic hydroxyl groups excluding tert-OH is 4. The number of anilines is 1. The monoisotopic (exact) mass is 273 g/mol. The number of ether oxygens (including phenoxy) is 1. The summed E-state index contributed by atoms with van der Waals surface area (Å²) in [5.74, 6) is 0.226. The molecule has 0 aromatic carbocycles. The Balaban J connectivity index is 2.13. The topological polar surface area (TPSA) is 148 Å². The van der Waals surface area contributed by atoms with E-state index in [1.165, 1.54) is 12.3 Å². The van der Waals surface area contributed by atoms with Crippen LogP contribution in [0, 0.1) is 0 Å². The van der Waals surface area contributed by atoms with Crippen molar-refractivity contribution in [3.05, 3.63) is 22.7 Å². The van der Waals surface area contributed by atoms with Crippen molar-refractivity contribution < 1.29 is 25.2 Å². The third-order valence-corrected chi connectivity index (χ3v) is 2.86. The van der Waals surface area contributed by atoms with E-state index in [1.54, 1.807) is 0 Å². The highest BCUT2D eigenvalue weighted by atomic mass is 16.6. The zero-order valence-electron chi connectivity index (χ0n) is 9.80. The Morgan fingerprint density at radius 2 is 2.05 bits per heavy atom. The molecule has 0 radical (unpaired) electrons. The van der Waals surface area contributed by atoms with Gasteiger partial charge in [0.25, 0.3) is 0 Å². The summed E-state index contributed by atoms with van der Waals surface area (Å²) in [5.41, 5.74) is -0.588. The van der Waals surface area contributed by atoms with Crippen molar-refractivity contribution in [2.75, 3.05) is 11.9 Å². The number of aliphatic hydroxyl groups is 4. The summed E-state index contributed by atoms with van der Waals surface area (Å²) in [4.78, 5) is 16.8. The molecule has 1 aliphatic heterocycles. The number of rotatable bonds is 3. The first-order chi connectivity index (χ1) is 9.02. The van der Waals surface area contributed by atoms with Gasteiger partial charge in [-0.3, -0.25) is 4.98 Å². The molecular weight excluding hydrogens is 258 g/mol. The molecule has 1 aromatic rings. The van der Waals surface area contributed by atoms with Gasteiger partial charge in [0.15, 0.2) is 6.23 Å². The highest BCUT2D eigenvalue weighted by molar-refractivity contribution is 5.33. The molecule has 0 spiro atoms. The van der Waals surface area contributed by atoms with Crippen LogP contribution in [0.1, 0.15) is 0 Å². The van der Waals surface area contributed by atoms with Gasteiger partial charge in [-0.15, -0.1) is 0 Å². The van der Waals surface area contributed by atoms with Gasteiger partial charge in [-0.2, -0.15) is 0 Å². The van der Waals surface area contributed by atoms with Crippen LogP contribution in [0.4, 0.5) is 5.82 Å². The van der Waals surface area contributed by atoms with Crippen LogP contribution in [0.2, 0.25) is 0 Å². The summed E-state index contributed by atoms with van der Waals surface area (Å²) in [6.45, 7) is -0.518. The Kier molecular flexibility index (Phi) is 4.12. The van der Waals surface area contributed by atoms with E-state index >= 15 is 0 Å². The first kappa shape index (κ1) is 13.9. The van der Waals surface area contributed by atoms with Gasteiger partial charge in [0.2, 0.25) is 0 Å². The third kappa shape index (κ3) is 2.91. The molecule has 9 nitrogen and oxygen atoms in total. The number of nitrogens with one attached hydrogen (secondary N) is 2. The van der Waals surface area contributed by atoms with E-state index in [9.17, 15) is 20.1 Å². The van der Waals surface area contributed by atoms with E-state index in [-0.39, 0.29) is 5.82 Å². The van der Waals surface area contributed by atoms with Crippen LogP contribution in [-0.2, 0) is 4.74 Å². The van der Waals surface area contributed by atoms with Gasteiger partial charge in [-0.05, 0) is 6.07 Å². The summed E-state index contributed by atoms with van der Waals surface area (Å²) in [5, 5.41) is 40.6. The number of hydrogen-bond donors (Lipinski definition) is 6. The van der Waals surface area contributed by atoms with E-state index in [0.29, 0.717) is 0 Å². The average Bonchev–Trinajstić information content (AvgIpc) is 2.39. The number of nitrogens with zero attached hydrogens (tertiary/aromatic N) is 1. The average molecular weight is 273 g/mol. The lowest BCUT2D eigenvalue weighted by atomic mass is 9.98. The Bertz CT molecular complexity index is 478. The van der Waals surface area contributed by atoms with Gasteiger partial charge in [-0.1, -0.05) is 0 Å². The molecule has 9 heteroatoms. The van der Waals surface area contributed by atoms with Gasteiger partial charge < -0.3 is 30.5 Å². The lowest BCUT2D eigenvalue weighted by Gasteiger charge is -2.40. The molecule has 1 aliphatic rings. The van der Waals surface area contributed by atoms with Crippen LogP contribution in [0.5, 0.6) is 0 Å². The van der Waals surface area contributed by atoms with E-state index < -0.39 is 42.9 Å². The molecule has 19 heavy (non-hydrogen) atoms. The predicted molar refractivity (Wildman–Crippen MR) is 62.2 cm³/mol. The van der Waals surface area contributed by atoms with Crippen molar-refractivity contribution in [3.63, 3.8) is 0 Å². The van der Waals surface area contributed by atoms with Crippen molar-refractivity contribution >= 4 is 5.82 Å². The van der Waals surface area contributed by atoms with Crippen LogP contribution in [0.15, 0.2) is 17.1 Å². The fraction of sp³-hybridized carbons (Fsp3) is 0.600. The van der Waals surface area contributed by atoms with Gasteiger partial charge >= 0.3 is 5.69 Å². The fourth-order valence-electron chi connectivity index (χ4n) is 1.83. The van der Waals surface area contributed by atoms with Crippen molar-refractivity contribution in [1.82, 2.24) is 9.97 Å². The maximum Gasteiger partial charge on any atom is 0.346 e. The molecule has 0 saturated carbocycles. The lowest BCUT2D eigenvalue weighted by molar-refractivity contribution is -0.221. The summed E-state index contributed by atoms with van der Waals surface area (Å²) in [6.07, 6.45) is -5.16. The SMILES string of the molecule is O=c1nccc(NC2OC(CO)C(O)C(O)C2O)[nH]1. The summed E-state index contributed by atoms with van der Waals surface area (Å²) in [6, 6.07) is 1.43. The van der Waals surface area contributed by atoms with Crippen molar-refractivity contribution in [3.8, 4) is 0 Å². The number of aromatic nitrogens is 2. The van der Waals surface area contributed by atoms with Crippen molar-refractivity contribution in [1.29, 1.82) is 0 Å². The van der Waals surface area contributed by atoms with Crippen LogP contribution >= 0.6 is 0 Å². The fourth-order valence-corrected chi connectivity index (χ4v) is 1.83.